The number of rotatable bonds is 3. The van der Waals surface area contributed by atoms with Crippen LogP contribution in [0.5, 0.6) is 0 Å². The number of carbonyl (C=O) groups is 1. The fraction of sp³-hybridized carbons (Fsp3) is 0.632. The molecule has 0 atom stereocenters. The van der Waals surface area contributed by atoms with E-state index in [0.717, 1.165) is 6.42 Å². The Kier molecular flexibility index (Phi) is 5.35. The van der Waals surface area contributed by atoms with Crippen molar-refractivity contribution in [1.82, 2.24) is 10.2 Å². The largest absolute Gasteiger partial charge is 0.377 e. The van der Waals surface area contributed by atoms with Crippen LogP contribution in [0.15, 0.2) is 24.3 Å². The molecule has 4 heteroatoms. The van der Waals surface area contributed by atoms with E-state index >= 15 is 0 Å². The van der Waals surface area contributed by atoms with Gasteiger partial charge < -0.3 is 15.0 Å². The minimum atomic E-state index is -0.239. The monoisotopic (exact) mass is 318 g/mol. The average molecular weight is 318 g/mol. The summed E-state index contributed by atoms with van der Waals surface area (Å²) in [6, 6.07) is 8.69. The molecule has 0 aromatic heterocycles. The highest BCUT2D eigenvalue weighted by atomic mass is 16.5. The van der Waals surface area contributed by atoms with Crippen molar-refractivity contribution in [2.24, 2.45) is 0 Å². The van der Waals surface area contributed by atoms with E-state index in [2.05, 4.69) is 50.4 Å². The molecule has 0 aliphatic carbocycles. The Morgan fingerprint density at radius 3 is 2.48 bits per heavy atom. The van der Waals surface area contributed by atoms with Crippen molar-refractivity contribution in [2.45, 2.75) is 52.0 Å². The maximum Gasteiger partial charge on any atom is 0.318 e. The molecule has 1 N–H and O–H groups in total. The number of urea groups is 1. The summed E-state index contributed by atoms with van der Waals surface area (Å²) in [4.78, 5) is 14.2. The quantitative estimate of drug-likeness (QED) is 0.928. The van der Waals surface area contributed by atoms with Crippen molar-refractivity contribution in [1.29, 1.82) is 0 Å². The molecular weight excluding hydrogens is 288 g/mol. The molecule has 4 nitrogen and oxygen atoms in total. The summed E-state index contributed by atoms with van der Waals surface area (Å²) in [5, 5.41) is 3.03. The molecule has 0 bridgehead atoms. The van der Waals surface area contributed by atoms with Crippen LogP contribution in [-0.2, 0) is 16.6 Å². The summed E-state index contributed by atoms with van der Waals surface area (Å²) < 4.78 is 5.46. The van der Waals surface area contributed by atoms with E-state index in [1.165, 1.54) is 11.1 Å². The molecule has 23 heavy (non-hydrogen) atoms. The van der Waals surface area contributed by atoms with Crippen LogP contribution in [0.4, 0.5) is 4.79 Å². The van der Waals surface area contributed by atoms with E-state index in [4.69, 9.17) is 4.74 Å². The maximum absolute atomic E-state index is 12.3. The highest BCUT2D eigenvalue weighted by Crippen LogP contribution is 2.22. The van der Waals surface area contributed by atoms with E-state index in [1.54, 1.807) is 0 Å². The third-order valence-corrected chi connectivity index (χ3v) is 4.40. The van der Waals surface area contributed by atoms with Gasteiger partial charge in [-0.25, -0.2) is 4.79 Å². The number of nitrogens with one attached hydrogen (secondary N) is 1. The topological polar surface area (TPSA) is 41.6 Å². The third kappa shape index (κ3) is 4.71. The zero-order chi connectivity index (χ0) is 17.1. The summed E-state index contributed by atoms with van der Waals surface area (Å²) >= 11 is 0. The van der Waals surface area contributed by atoms with Crippen molar-refractivity contribution in [3.63, 3.8) is 0 Å². The summed E-state index contributed by atoms with van der Waals surface area (Å²) in [7, 11) is 0. The Morgan fingerprint density at radius 1 is 1.26 bits per heavy atom. The molecule has 1 fully saturated rings. The maximum atomic E-state index is 12.3. The lowest BCUT2D eigenvalue weighted by molar-refractivity contribution is -0.0277. The molecule has 0 spiro atoms. The first-order chi connectivity index (χ1) is 10.7. The number of amides is 2. The molecule has 0 radical (unpaired) electrons. The minimum absolute atomic E-state index is 0.00427. The predicted octanol–water partition coefficient (Wildman–Crippen LogP) is 3.35. The SMILES string of the molecule is CC(C)(C)c1ccc(CCNC(=O)N2CCOCC2(C)C)cc1. The third-order valence-electron chi connectivity index (χ3n) is 4.40. The number of ether oxygens (including phenoxy) is 1. The molecule has 2 rings (SSSR count). The zero-order valence-corrected chi connectivity index (χ0v) is 15.1. The minimum Gasteiger partial charge on any atom is -0.377 e. The van der Waals surface area contributed by atoms with Gasteiger partial charge in [0, 0.05) is 13.1 Å². The highest BCUT2D eigenvalue weighted by molar-refractivity contribution is 5.75. The van der Waals surface area contributed by atoms with Crippen LogP contribution < -0.4 is 5.32 Å². The first-order valence-corrected chi connectivity index (χ1v) is 8.43. The number of benzene rings is 1. The molecule has 0 unspecified atom stereocenters. The van der Waals surface area contributed by atoms with Crippen molar-refractivity contribution >= 4 is 6.03 Å². The molecule has 1 saturated heterocycles. The number of morpholine rings is 1. The van der Waals surface area contributed by atoms with Gasteiger partial charge in [0.1, 0.15) is 0 Å². The molecule has 2 amide bonds. The molecule has 1 heterocycles. The first-order valence-electron chi connectivity index (χ1n) is 8.43. The molecule has 0 saturated carbocycles. The van der Waals surface area contributed by atoms with Crippen molar-refractivity contribution < 1.29 is 9.53 Å². The number of hydrogen-bond acceptors (Lipinski definition) is 2. The number of nitrogens with zero attached hydrogens (tertiary/aromatic N) is 1. The van der Waals surface area contributed by atoms with Crippen molar-refractivity contribution in [2.75, 3.05) is 26.3 Å². The van der Waals surface area contributed by atoms with Crippen LogP contribution in [0.3, 0.4) is 0 Å². The Balaban J connectivity index is 1.84. The van der Waals surface area contributed by atoms with Gasteiger partial charge in [-0.2, -0.15) is 0 Å². The highest BCUT2D eigenvalue weighted by Gasteiger charge is 2.33. The van der Waals surface area contributed by atoms with Crippen LogP contribution in [0.1, 0.15) is 45.7 Å². The van der Waals surface area contributed by atoms with Crippen LogP contribution in [0.25, 0.3) is 0 Å². The normalized spacial score (nSPS) is 17.9. The van der Waals surface area contributed by atoms with E-state index in [0.29, 0.717) is 26.3 Å². The lowest BCUT2D eigenvalue weighted by Gasteiger charge is -2.41. The summed E-state index contributed by atoms with van der Waals surface area (Å²) in [5.41, 5.74) is 2.52. The lowest BCUT2D eigenvalue weighted by atomic mass is 9.86. The molecular formula is C19H30N2O2. The van der Waals surface area contributed by atoms with E-state index in [-0.39, 0.29) is 17.0 Å². The fourth-order valence-corrected chi connectivity index (χ4v) is 2.82. The van der Waals surface area contributed by atoms with Crippen LogP contribution in [0, 0.1) is 0 Å². The Hall–Kier alpha value is -1.55. The summed E-state index contributed by atoms with van der Waals surface area (Å²) in [6.45, 7) is 13.2. The lowest BCUT2D eigenvalue weighted by Crippen LogP contribution is -2.58. The molecule has 1 aromatic rings. The van der Waals surface area contributed by atoms with Crippen molar-refractivity contribution in [3.8, 4) is 0 Å². The van der Waals surface area contributed by atoms with Gasteiger partial charge in [-0.1, -0.05) is 45.0 Å². The summed E-state index contributed by atoms with van der Waals surface area (Å²) in [5.74, 6) is 0. The van der Waals surface area contributed by atoms with Gasteiger partial charge in [-0.3, -0.25) is 0 Å². The van der Waals surface area contributed by atoms with Gasteiger partial charge in [0.15, 0.2) is 0 Å². The average Bonchev–Trinajstić information content (AvgIpc) is 2.46. The summed E-state index contributed by atoms with van der Waals surface area (Å²) in [6.07, 6.45) is 0.848. The van der Waals surface area contributed by atoms with E-state index in [9.17, 15) is 4.79 Å². The second kappa shape index (κ2) is 6.91. The smallest absolute Gasteiger partial charge is 0.318 e. The van der Waals surface area contributed by atoms with Gasteiger partial charge >= 0.3 is 6.03 Å². The van der Waals surface area contributed by atoms with Gasteiger partial charge in [-0.05, 0) is 36.8 Å². The van der Waals surface area contributed by atoms with Crippen LogP contribution >= 0.6 is 0 Å². The van der Waals surface area contributed by atoms with Crippen LogP contribution in [0.2, 0.25) is 0 Å². The Bertz CT molecular complexity index is 529. The molecule has 1 aliphatic heterocycles. The van der Waals surface area contributed by atoms with Gasteiger partial charge in [0.05, 0.1) is 18.8 Å². The second-order valence-corrected chi connectivity index (χ2v) is 7.95. The number of hydrogen-bond donors (Lipinski definition) is 1. The Labute approximate surface area is 140 Å². The van der Waals surface area contributed by atoms with Gasteiger partial charge in [0.2, 0.25) is 0 Å². The number of carbonyl (C=O) groups excluding carboxylic acids is 1. The van der Waals surface area contributed by atoms with Gasteiger partial charge in [0.25, 0.3) is 0 Å². The van der Waals surface area contributed by atoms with E-state index < -0.39 is 0 Å². The van der Waals surface area contributed by atoms with E-state index in [1.807, 2.05) is 18.7 Å². The predicted molar refractivity (Wildman–Crippen MR) is 93.8 cm³/mol. The van der Waals surface area contributed by atoms with Crippen molar-refractivity contribution in [3.05, 3.63) is 35.4 Å². The fourth-order valence-electron chi connectivity index (χ4n) is 2.82. The van der Waals surface area contributed by atoms with Crippen LogP contribution in [-0.4, -0.2) is 42.8 Å². The first kappa shape index (κ1) is 17.8. The molecule has 1 aromatic carbocycles. The Morgan fingerprint density at radius 2 is 1.91 bits per heavy atom. The molecule has 1 aliphatic rings. The van der Waals surface area contributed by atoms with Gasteiger partial charge in [-0.15, -0.1) is 0 Å². The zero-order valence-electron chi connectivity index (χ0n) is 15.1. The molecule has 128 valence electrons. The standard InChI is InChI=1S/C19H30N2O2/c1-18(2,3)16-8-6-15(7-9-16)10-11-20-17(22)21-12-13-23-14-19(21,4)5/h6-9H,10-14H2,1-5H3,(H,20,22). The second-order valence-electron chi connectivity index (χ2n) is 7.95.